The molecule has 0 saturated carbocycles. The predicted octanol–water partition coefficient (Wildman–Crippen LogP) is 2.35. The number of hydrogen-bond donors (Lipinski definition) is 1. The van der Waals surface area contributed by atoms with Crippen LogP contribution in [0.5, 0.6) is 5.75 Å². The van der Waals surface area contributed by atoms with Crippen LogP contribution in [0, 0.1) is 0 Å². The van der Waals surface area contributed by atoms with E-state index in [1.807, 2.05) is 32.0 Å². The van der Waals surface area contributed by atoms with E-state index < -0.39 is 0 Å². The Balaban J connectivity index is 1.75. The Morgan fingerprint density at radius 1 is 1.24 bits per heavy atom. The zero-order valence-electron chi connectivity index (χ0n) is 14.4. The molecule has 1 aromatic heterocycles. The number of nitrogens with one attached hydrogen (secondary N) is 1. The van der Waals surface area contributed by atoms with Gasteiger partial charge in [0.05, 0.1) is 25.0 Å². The van der Waals surface area contributed by atoms with Gasteiger partial charge in [0, 0.05) is 19.2 Å². The summed E-state index contributed by atoms with van der Waals surface area (Å²) in [6, 6.07) is 9.05. The van der Waals surface area contributed by atoms with Crippen LogP contribution in [0.25, 0.3) is 0 Å². The Kier molecular flexibility index (Phi) is 5.45. The maximum Gasteiger partial charge on any atom is 0.274 e. The molecular formula is C18H22N4O3. The monoisotopic (exact) mass is 342 g/mol. The molecule has 1 saturated heterocycles. The van der Waals surface area contributed by atoms with Gasteiger partial charge in [-0.3, -0.25) is 4.79 Å². The third-order valence-corrected chi connectivity index (χ3v) is 3.72. The third-order valence-electron chi connectivity index (χ3n) is 3.72. The molecule has 1 aliphatic rings. The van der Waals surface area contributed by atoms with Crippen molar-refractivity contribution in [2.45, 2.75) is 20.0 Å². The molecule has 25 heavy (non-hydrogen) atoms. The van der Waals surface area contributed by atoms with Crippen molar-refractivity contribution >= 4 is 17.4 Å². The van der Waals surface area contributed by atoms with Crippen LogP contribution in [-0.4, -0.2) is 48.3 Å². The second kappa shape index (κ2) is 7.94. The Hall–Kier alpha value is -2.67. The number of anilines is 2. The highest BCUT2D eigenvalue weighted by molar-refractivity contribution is 6.04. The minimum atomic E-state index is -0.295. The third kappa shape index (κ3) is 4.45. The molecule has 3 rings (SSSR count). The number of ether oxygens (including phenoxy) is 2. The summed E-state index contributed by atoms with van der Waals surface area (Å²) in [4.78, 5) is 23.0. The van der Waals surface area contributed by atoms with Crippen LogP contribution in [0.15, 0.2) is 36.7 Å². The molecule has 0 aliphatic carbocycles. The van der Waals surface area contributed by atoms with Gasteiger partial charge in [-0.05, 0) is 26.0 Å². The summed E-state index contributed by atoms with van der Waals surface area (Å²) in [5.74, 6) is 1.07. The first-order valence-corrected chi connectivity index (χ1v) is 8.35. The largest absolute Gasteiger partial charge is 0.489 e. The molecule has 0 radical (unpaired) electrons. The lowest BCUT2D eigenvalue weighted by Gasteiger charge is -2.27. The minimum Gasteiger partial charge on any atom is -0.489 e. The number of amides is 1. The molecule has 1 aliphatic heterocycles. The van der Waals surface area contributed by atoms with Gasteiger partial charge in [0.1, 0.15) is 23.6 Å². The summed E-state index contributed by atoms with van der Waals surface area (Å²) in [5, 5.41) is 2.86. The normalized spacial score (nSPS) is 14.4. The molecule has 7 heteroatoms. The van der Waals surface area contributed by atoms with Crippen LogP contribution >= 0.6 is 0 Å². The van der Waals surface area contributed by atoms with Crippen LogP contribution < -0.4 is 15.0 Å². The summed E-state index contributed by atoms with van der Waals surface area (Å²) >= 11 is 0. The lowest BCUT2D eigenvalue weighted by molar-refractivity contribution is 0.102. The molecule has 7 nitrogen and oxygen atoms in total. The van der Waals surface area contributed by atoms with Crippen molar-refractivity contribution in [2.24, 2.45) is 0 Å². The fourth-order valence-corrected chi connectivity index (χ4v) is 2.55. The molecular weight excluding hydrogens is 320 g/mol. The second-order valence-corrected chi connectivity index (χ2v) is 5.98. The minimum absolute atomic E-state index is 0.0185. The molecule has 132 valence electrons. The zero-order chi connectivity index (χ0) is 17.6. The fraction of sp³-hybridized carbons (Fsp3) is 0.389. The van der Waals surface area contributed by atoms with Gasteiger partial charge >= 0.3 is 0 Å². The van der Waals surface area contributed by atoms with Crippen LogP contribution in [0.3, 0.4) is 0 Å². The van der Waals surface area contributed by atoms with Crippen LogP contribution in [0.1, 0.15) is 24.3 Å². The number of hydrogen-bond acceptors (Lipinski definition) is 6. The number of morpholine rings is 1. The number of aromatic nitrogens is 2. The summed E-state index contributed by atoms with van der Waals surface area (Å²) in [6.07, 6.45) is 1.43. The quantitative estimate of drug-likeness (QED) is 0.899. The van der Waals surface area contributed by atoms with Crippen molar-refractivity contribution in [1.29, 1.82) is 0 Å². The number of carbonyl (C=O) groups excluding carboxylic acids is 1. The number of benzene rings is 1. The van der Waals surface area contributed by atoms with E-state index >= 15 is 0 Å². The molecule has 2 aromatic rings. The second-order valence-electron chi connectivity index (χ2n) is 5.98. The van der Waals surface area contributed by atoms with Gasteiger partial charge in [-0.25, -0.2) is 9.97 Å². The number of rotatable bonds is 5. The number of nitrogens with zero attached hydrogens (tertiary/aromatic N) is 3. The van der Waals surface area contributed by atoms with E-state index in [0.717, 1.165) is 18.9 Å². The summed E-state index contributed by atoms with van der Waals surface area (Å²) in [6.45, 7) is 6.71. The molecule has 1 amide bonds. The maximum atomic E-state index is 12.6. The summed E-state index contributed by atoms with van der Waals surface area (Å²) in [5.41, 5.74) is 0.934. The van der Waals surface area contributed by atoms with E-state index in [2.05, 4.69) is 20.2 Å². The van der Waals surface area contributed by atoms with Crippen LogP contribution in [0.2, 0.25) is 0 Å². The van der Waals surface area contributed by atoms with Crippen LogP contribution in [-0.2, 0) is 4.74 Å². The molecule has 0 atom stereocenters. The van der Waals surface area contributed by atoms with Crippen molar-refractivity contribution < 1.29 is 14.3 Å². The van der Waals surface area contributed by atoms with Gasteiger partial charge < -0.3 is 19.7 Å². The molecule has 1 N–H and O–H groups in total. The lowest BCUT2D eigenvalue weighted by Crippen LogP contribution is -2.37. The van der Waals surface area contributed by atoms with Crippen LogP contribution in [0.4, 0.5) is 11.5 Å². The number of para-hydroxylation sites is 2. The Labute approximate surface area is 147 Å². The smallest absolute Gasteiger partial charge is 0.274 e. The number of carbonyl (C=O) groups is 1. The van der Waals surface area contributed by atoms with Crippen molar-refractivity contribution in [3.8, 4) is 5.75 Å². The SMILES string of the molecule is CC(C)Oc1ccccc1NC(=O)c1cc(N2CCOCC2)ncn1. The Bertz CT molecular complexity index is 730. The topological polar surface area (TPSA) is 76.6 Å². The van der Waals surface area contributed by atoms with E-state index in [0.29, 0.717) is 30.3 Å². The molecule has 1 aromatic carbocycles. The van der Waals surface area contributed by atoms with E-state index in [-0.39, 0.29) is 12.0 Å². The average Bonchev–Trinajstić information content (AvgIpc) is 2.64. The van der Waals surface area contributed by atoms with E-state index in [1.165, 1.54) is 6.33 Å². The first-order chi connectivity index (χ1) is 12.1. The summed E-state index contributed by atoms with van der Waals surface area (Å²) < 4.78 is 11.1. The highest BCUT2D eigenvalue weighted by Crippen LogP contribution is 2.25. The highest BCUT2D eigenvalue weighted by atomic mass is 16.5. The fourth-order valence-electron chi connectivity index (χ4n) is 2.55. The molecule has 2 heterocycles. The van der Waals surface area contributed by atoms with Gasteiger partial charge in [0.25, 0.3) is 5.91 Å². The van der Waals surface area contributed by atoms with E-state index in [4.69, 9.17) is 9.47 Å². The maximum absolute atomic E-state index is 12.6. The van der Waals surface area contributed by atoms with Crippen molar-refractivity contribution in [1.82, 2.24) is 9.97 Å². The standard InChI is InChI=1S/C18H22N4O3/c1-13(2)25-16-6-4-3-5-14(16)21-18(23)15-11-17(20-12-19-15)22-7-9-24-10-8-22/h3-6,11-13H,7-10H2,1-2H3,(H,21,23). The Morgan fingerprint density at radius 2 is 2.00 bits per heavy atom. The predicted molar refractivity (Wildman–Crippen MR) is 95.2 cm³/mol. The van der Waals surface area contributed by atoms with Crippen molar-refractivity contribution in [2.75, 3.05) is 36.5 Å². The van der Waals surface area contributed by atoms with Crippen molar-refractivity contribution in [3.63, 3.8) is 0 Å². The first-order valence-electron chi connectivity index (χ1n) is 8.35. The van der Waals surface area contributed by atoms with E-state index in [9.17, 15) is 4.79 Å². The van der Waals surface area contributed by atoms with Gasteiger partial charge in [-0.1, -0.05) is 12.1 Å². The van der Waals surface area contributed by atoms with Gasteiger partial charge in [-0.2, -0.15) is 0 Å². The van der Waals surface area contributed by atoms with Gasteiger partial charge in [0.15, 0.2) is 0 Å². The molecule has 0 unspecified atom stereocenters. The van der Waals surface area contributed by atoms with E-state index in [1.54, 1.807) is 12.1 Å². The summed E-state index contributed by atoms with van der Waals surface area (Å²) in [7, 11) is 0. The lowest BCUT2D eigenvalue weighted by atomic mass is 10.2. The molecule has 0 bridgehead atoms. The first kappa shape index (κ1) is 17.2. The van der Waals surface area contributed by atoms with Gasteiger partial charge in [-0.15, -0.1) is 0 Å². The molecule has 0 spiro atoms. The molecule has 1 fully saturated rings. The van der Waals surface area contributed by atoms with Crippen molar-refractivity contribution in [3.05, 3.63) is 42.4 Å². The Morgan fingerprint density at radius 3 is 2.76 bits per heavy atom. The van der Waals surface area contributed by atoms with Gasteiger partial charge in [0.2, 0.25) is 0 Å². The average molecular weight is 342 g/mol. The zero-order valence-corrected chi connectivity index (χ0v) is 14.4. The highest BCUT2D eigenvalue weighted by Gasteiger charge is 2.16.